The Morgan fingerprint density at radius 2 is 1.71 bits per heavy atom. The van der Waals surface area contributed by atoms with Crippen LogP contribution in [0.25, 0.3) is 5.69 Å². The van der Waals surface area contributed by atoms with Gasteiger partial charge in [-0.25, -0.2) is 13.9 Å². The Hall–Kier alpha value is -5.33. The summed E-state index contributed by atoms with van der Waals surface area (Å²) in [6.45, 7) is 3.70. The first-order chi connectivity index (χ1) is 23.7. The number of amides is 2. The minimum atomic E-state index is -0.636. The molecule has 0 saturated carbocycles. The number of ether oxygens (including phenoxy) is 2. The highest BCUT2D eigenvalue weighted by Crippen LogP contribution is 2.36. The van der Waals surface area contributed by atoms with Crippen LogP contribution in [0.15, 0.2) is 78.9 Å². The van der Waals surface area contributed by atoms with Gasteiger partial charge in [0.05, 0.1) is 12.8 Å². The number of nitrogens with zero attached hydrogens (tertiary/aromatic N) is 5. The number of esters is 1. The van der Waals surface area contributed by atoms with E-state index in [0.717, 1.165) is 23.4 Å². The Bertz CT molecular complexity index is 2060. The van der Waals surface area contributed by atoms with E-state index in [1.807, 2.05) is 12.1 Å². The summed E-state index contributed by atoms with van der Waals surface area (Å²) in [4.78, 5) is 46.3. The SMILES string of the molecule is COc1ccc(-n2nc(C(=O)Oc3cc4c(s3)CCN(Cc3ccccc3F)C4)c3c2C(=O)N(c2ccc(N(C)C(C)=O)cc2)CC3)cc1. The van der Waals surface area contributed by atoms with Gasteiger partial charge in [0.2, 0.25) is 5.91 Å². The summed E-state index contributed by atoms with van der Waals surface area (Å²) in [7, 11) is 3.26. The van der Waals surface area contributed by atoms with Gasteiger partial charge >= 0.3 is 5.97 Å². The van der Waals surface area contributed by atoms with Crippen LogP contribution in [0, 0.1) is 5.82 Å². The van der Waals surface area contributed by atoms with Crippen LogP contribution >= 0.6 is 11.3 Å². The zero-order chi connectivity index (χ0) is 34.2. The molecule has 250 valence electrons. The number of aromatic nitrogens is 2. The molecule has 3 aromatic carbocycles. The Morgan fingerprint density at radius 3 is 2.43 bits per heavy atom. The average Bonchev–Trinajstić information content (AvgIpc) is 3.71. The van der Waals surface area contributed by atoms with Gasteiger partial charge in [-0.15, -0.1) is 11.3 Å². The maximum Gasteiger partial charge on any atom is 0.365 e. The number of carbonyl (C=O) groups is 3. The molecular weight excluding hydrogens is 646 g/mol. The fourth-order valence-corrected chi connectivity index (χ4v) is 7.28. The van der Waals surface area contributed by atoms with Crippen LogP contribution in [0.5, 0.6) is 10.8 Å². The normalized spacial score (nSPS) is 14.3. The van der Waals surface area contributed by atoms with Crippen LogP contribution in [0.3, 0.4) is 0 Å². The van der Waals surface area contributed by atoms with E-state index in [1.54, 1.807) is 79.7 Å². The highest BCUT2D eigenvalue weighted by molar-refractivity contribution is 7.14. The lowest BCUT2D eigenvalue weighted by molar-refractivity contribution is -0.116. The summed E-state index contributed by atoms with van der Waals surface area (Å²) < 4.78 is 27.0. The highest BCUT2D eigenvalue weighted by Gasteiger charge is 2.36. The predicted molar refractivity (Wildman–Crippen MR) is 185 cm³/mol. The highest BCUT2D eigenvalue weighted by atomic mass is 32.1. The fraction of sp³-hybridized carbons (Fsp3) is 0.243. The van der Waals surface area contributed by atoms with Crippen molar-refractivity contribution in [1.82, 2.24) is 14.7 Å². The quantitative estimate of drug-likeness (QED) is 0.185. The molecule has 0 fully saturated rings. The third kappa shape index (κ3) is 6.32. The van der Waals surface area contributed by atoms with Crippen molar-refractivity contribution >= 4 is 40.5 Å². The van der Waals surface area contributed by atoms with Crippen molar-refractivity contribution in [1.29, 1.82) is 0 Å². The number of hydrogen-bond acceptors (Lipinski definition) is 8. The zero-order valence-corrected chi connectivity index (χ0v) is 28.1. The summed E-state index contributed by atoms with van der Waals surface area (Å²) in [5.74, 6) is -0.621. The molecule has 12 heteroatoms. The summed E-state index contributed by atoms with van der Waals surface area (Å²) >= 11 is 1.43. The van der Waals surface area contributed by atoms with Gasteiger partial charge in [0.25, 0.3) is 5.91 Å². The van der Waals surface area contributed by atoms with Crippen molar-refractivity contribution in [3.8, 4) is 16.5 Å². The van der Waals surface area contributed by atoms with Crippen LogP contribution in [0.1, 0.15) is 49.5 Å². The van der Waals surface area contributed by atoms with E-state index in [-0.39, 0.29) is 29.0 Å². The monoisotopic (exact) mass is 679 g/mol. The number of fused-ring (bicyclic) bond motifs is 2. The first kappa shape index (κ1) is 32.2. The van der Waals surface area contributed by atoms with Crippen molar-refractivity contribution in [2.24, 2.45) is 0 Å². The van der Waals surface area contributed by atoms with E-state index < -0.39 is 5.97 Å². The summed E-state index contributed by atoms with van der Waals surface area (Å²) in [6.07, 6.45) is 1.15. The summed E-state index contributed by atoms with van der Waals surface area (Å²) in [6, 6.07) is 22.9. The standard InChI is InChI=1S/C37H34FN5O5S/c1-23(44)40(2)26-8-10-27(11-9-26)42-19-16-30-34(39-43(35(30)36(42)45)28-12-14-29(47-3)15-13-28)37(46)48-33-20-25-22-41(18-17-32(25)49-33)21-24-6-4-5-7-31(24)38/h4-15,20H,16-19,21-22H2,1-3H3. The van der Waals surface area contributed by atoms with E-state index in [2.05, 4.69) is 10.00 Å². The summed E-state index contributed by atoms with van der Waals surface area (Å²) in [5.41, 5.74) is 4.55. The number of anilines is 2. The van der Waals surface area contributed by atoms with E-state index in [0.29, 0.717) is 65.1 Å². The molecule has 10 nitrogen and oxygen atoms in total. The third-order valence-electron chi connectivity index (χ3n) is 9.02. The molecule has 0 N–H and O–H groups in total. The Balaban J connectivity index is 1.16. The molecular formula is C37H34FN5O5S. The molecule has 4 heterocycles. The molecule has 0 saturated heterocycles. The van der Waals surface area contributed by atoms with Crippen molar-refractivity contribution in [2.45, 2.75) is 32.9 Å². The van der Waals surface area contributed by atoms with Crippen molar-refractivity contribution in [2.75, 3.05) is 37.0 Å². The van der Waals surface area contributed by atoms with E-state index in [9.17, 15) is 18.8 Å². The number of thiophene rings is 1. The van der Waals surface area contributed by atoms with E-state index in [4.69, 9.17) is 9.47 Å². The maximum absolute atomic E-state index is 14.3. The molecule has 0 unspecified atom stereocenters. The molecule has 49 heavy (non-hydrogen) atoms. The molecule has 0 aliphatic carbocycles. The lowest BCUT2D eigenvalue weighted by Gasteiger charge is -2.28. The second-order valence-corrected chi connectivity index (χ2v) is 13.1. The molecule has 0 spiro atoms. The van der Waals surface area contributed by atoms with Gasteiger partial charge in [0.1, 0.15) is 17.3 Å². The molecule has 2 amide bonds. The topological polar surface area (TPSA) is 97.2 Å². The van der Waals surface area contributed by atoms with Crippen LogP contribution in [0.2, 0.25) is 0 Å². The Labute approximate surface area is 286 Å². The lowest BCUT2D eigenvalue weighted by atomic mass is 10.0. The zero-order valence-electron chi connectivity index (χ0n) is 27.3. The van der Waals surface area contributed by atoms with Crippen molar-refractivity contribution in [3.05, 3.63) is 118 Å². The number of halogens is 1. The second-order valence-electron chi connectivity index (χ2n) is 12.0. The number of methoxy groups -OCH3 is 1. The van der Waals surface area contributed by atoms with E-state index >= 15 is 0 Å². The largest absolute Gasteiger partial charge is 0.497 e. The van der Waals surface area contributed by atoms with Gasteiger partial charge in [0.15, 0.2) is 10.8 Å². The van der Waals surface area contributed by atoms with Crippen molar-refractivity contribution in [3.63, 3.8) is 0 Å². The van der Waals surface area contributed by atoms with Gasteiger partial charge in [-0.05, 0) is 79.1 Å². The maximum atomic E-state index is 14.3. The van der Waals surface area contributed by atoms with E-state index in [1.165, 1.54) is 33.9 Å². The average molecular weight is 680 g/mol. The van der Waals surface area contributed by atoms with Gasteiger partial charge in [-0.3, -0.25) is 14.5 Å². The first-order valence-corrected chi connectivity index (χ1v) is 16.7. The Morgan fingerprint density at radius 1 is 0.980 bits per heavy atom. The first-order valence-electron chi connectivity index (χ1n) is 15.9. The molecule has 2 aromatic heterocycles. The van der Waals surface area contributed by atoms with Gasteiger partial charge < -0.3 is 19.3 Å². The summed E-state index contributed by atoms with van der Waals surface area (Å²) in [5, 5.41) is 5.12. The fourth-order valence-electron chi connectivity index (χ4n) is 6.28. The number of rotatable bonds is 8. The van der Waals surface area contributed by atoms with Crippen LogP contribution < -0.4 is 19.3 Å². The van der Waals surface area contributed by atoms with Crippen LogP contribution in [-0.2, 0) is 30.7 Å². The molecule has 7 rings (SSSR count). The molecule has 0 radical (unpaired) electrons. The molecule has 2 aliphatic rings. The van der Waals surface area contributed by atoms with Crippen LogP contribution in [-0.4, -0.2) is 59.7 Å². The van der Waals surface area contributed by atoms with Crippen molar-refractivity contribution < 1.29 is 28.2 Å². The second kappa shape index (κ2) is 13.3. The molecule has 0 atom stereocenters. The van der Waals surface area contributed by atoms with Gasteiger partial charge in [-0.1, -0.05) is 18.2 Å². The Kier molecular flexibility index (Phi) is 8.74. The predicted octanol–water partition coefficient (Wildman–Crippen LogP) is 6.04. The third-order valence-corrected chi connectivity index (χ3v) is 10.1. The van der Waals surface area contributed by atoms with Crippen LogP contribution in [0.4, 0.5) is 15.8 Å². The number of hydrogen-bond donors (Lipinski definition) is 0. The number of carbonyl (C=O) groups excluding carboxylic acids is 3. The van der Waals surface area contributed by atoms with Gasteiger partial charge in [-0.2, -0.15) is 5.10 Å². The minimum Gasteiger partial charge on any atom is -0.497 e. The lowest BCUT2D eigenvalue weighted by Crippen LogP contribution is -2.39. The number of benzene rings is 3. The molecule has 2 aliphatic heterocycles. The smallest absolute Gasteiger partial charge is 0.365 e. The van der Waals surface area contributed by atoms with Gasteiger partial charge in [0, 0.05) is 67.5 Å². The molecule has 0 bridgehead atoms. The minimum absolute atomic E-state index is 0.0878. The molecule has 5 aromatic rings.